The van der Waals surface area contributed by atoms with Crippen LogP contribution in [0.4, 0.5) is 0 Å². The largest absolute Gasteiger partial charge is 0.380 e. The van der Waals surface area contributed by atoms with E-state index in [9.17, 15) is 0 Å². The predicted molar refractivity (Wildman–Crippen MR) is 60.0 cm³/mol. The van der Waals surface area contributed by atoms with Gasteiger partial charge in [-0.05, 0) is 13.5 Å². The lowest BCUT2D eigenvalue weighted by Crippen LogP contribution is -2.12. The van der Waals surface area contributed by atoms with Crippen molar-refractivity contribution in [1.82, 2.24) is 15.0 Å². The molecule has 2 N–H and O–H groups in total. The van der Waals surface area contributed by atoms with E-state index in [1.54, 1.807) is 7.11 Å². The van der Waals surface area contributed by atoms with E-state index < -0.39 is 0 Å². The van der Waals surface area contributed by atoms with Crippen LogP contribution in [0.2, 0.25) is 0 Å². The Morgan fingerprint density at radius 3 is 2.88 bits per heavy atom. The number of aromatic nitrogens is 3. The molecule has 6 heteroatoms. The Labute approximate surface area is 95.7 Å². The van der Waals surface area contributed by atoms with Gasteiger partial charge in [0.2, 0.25) is 0 Å². The number of rotatable bonds is 8. The van der Waals surface area contributed by atoms with E-state index in [0.29, 0.717) is 32.9 Å². The molecule has 16 heavy (non-hydrogen) atoms. The first kappa shape index (κ1) is 13.1. The molecular weight excluding hydrogens is 208 g/mol. The highest BCUT2D eigenvalue weighted by molar-refractivity contribution is 5.09. The highest BCUT2D eigenvalue weighted by atomic mass is 16.5. The Morgan fingerprint density at radius 2 is 2.25 bits per heavy atom. The van der Waals surface area contributed by atoms with Gasteiger partial charge in [-0.15, -0.1) is 5.10 Å². The van der Waals surface area contributed by atoms with Crippen LogP contribution in [0, 0.1) is 0 Å². The molecule has 0 aliphatic rings. The number of hydrogen-bond acceptors (Lipinski definition) is 5. The lowest BCUT2D eigenvalue weighted by molar-refractivity contribution is 0.130. The molecule has 0 radical (unpaired) electrons. The fourth-order valence-electron chi connectivity index (χ4n) is 1.47. The van der Waals surface area contributed by atoms with Gasteiger partial charge < -0.3 is 15.2 Å². The quantitative estimate of drug-likeness (QED) is 0.632. The average molecular weight is 228 g/mol. The average Bonchev–Trinajstić information content (AvgIpc) is 2.64. The molecule has 0 saturated heterocycles. The van der Waals surface area contributed by atoms with Crippen LogP contribution in [-0.2, 0) is 29.0 Å². The highest BCUT2D eigenvalue weighted by Crippen LogP contribution is 2.07. The minimum Gasteiger partial charge on any atom is -0.380 e. The van der Waals surface area contributed by atoms with E-state index in [1.165, 1.54) is 0 Å². The number of nitrogens with two attached hydrogens (primary N) is 1. The zero-order valence-electron chi connectivity index (χ0n) is 9.98. The third-order valence-electron chi connectivity index (χ3n) is 2.23. The Kier molecular flexibility index (Phi) is 5.99. The Balaban J connectivity index is 2.66. The molecule has 0 aromatic carbocycles. The van der Waals surface area contributed by atoms with Crippen LogP contribution < -0.4 is 5.73 Å². The van der Waals surface area contributed by atoms with Crippen molar-refractivity contribution in [2.45, 2.75) is 26.5 Å². The summed E-state index contributed by atoms with van der Waals surface area (Å²) in [6.45, 7) is 5.10. The molecule has 1 aromatic rings. The van der Waals surface area contributed by atoms with Crippen LogP contribution in [0.1, 0.15) is 18.3 Å². The van der Waals surface area contributed by atoms with Crippen molar-refractivity contribution < 1.29 is 9.47 Å². The zero-order valence-corrected chi connectivity index (χ0v) is 9.98. The third kappa shape index (κ3) is 3.55. The molecule has 1 heterocycles. The molecule has 92 valence electrons. The van der Waals surface area contributed by atoms with Crippen molar-refractivity contribution >= 4 is 0 Å². The van der Waals surface area contributed by atoms with Crippen molar-refractivity contribution in [1.29, 1.82) is 0 Å². The molecule has 0 aliphatic heterocycles. The van der Waals surface area contributed by atoms with Crippen molar-refractivity contribution in [2.24, 2.45) is 5.73 Å². The number of ether oxygens (including phenoxy) is 2. The van der Waals surface area contributed by atoms with Crippen LogP contribution in [0.15, 0.2) is 0 Å². The molecule has 0 spiro atoms. The van der Waals surface area contributed by atoms with Crippen molar-refractivity contribution in [3.8, 4) is 0 Å². The van der Waals surface area contributed by atoms with Gasteiger partial charge in [-0.3, -0.25) is 0 Å². The van der Waals surface area contributed by atoms with Gasteiger partial charge in [0, 0.05) is 20.1 Å². The fraction of sp³-hybridized carbons (Fsp3) is 0.800. The van der Waals surface area contributed by atoms with Crippen molar-refractivity contribution in [2.75, 3.05) is 26.9 Å². The van der Waals surface area contributed by atoms with E-state index in [-0.39, 0.29) is 0 Å². The number of hydrogen-bond donors (Lipinski definition) is 1. The van der Waals surface area contributed by atoms with Gasteiger partial charge in [-0.1, -0.05) is 5.21 Å². The van der Waals surface area contributed by atoms with Crippen LogP contribution in [0.5, 0.6) is 0 Å². The summed E-state index contributed by atoms with van der Waals surface area (Å²) >= 11 is 0. The third-order valence-corrected chi connectivity index (χ3v) is 2.23. The van der Waals surface area contributed by atoms with E-state index in [1.807, 2.05) is 11.6 Å². The molecule has 0 fully saturated rings. The monoisotopic (exact) mass is 228 g/mol. The fourth-order valence-corrected chi connectivity index (χ4v) is 1.47. The molecule has 0 unspecified atom stereocenters. The summed E-state index contributed by atoms with van der Waals surface area (Å²) in [4.78, 5) is 0. The SMILES string of the molecule is CCOCCn1nnc(CCN)c1COC. The summed E-state index contributed by atoms with van der Waals surface area (Å²) in [5, 5.41) is 8.18. The molecule has 1 rings (SSSR count). The first-order valence-corrected chi connectivity index (χ1v) is 5.51. The smallest absolute Gasteiger partial charge is 0.0900 e. The van der Waals surface area contributed by atoms with Gasteiger partial charge in [-0.25, -0.2) is 4.68 Å². The van der Waals surface area contributed by atoms with Crippen molar-refractivity contribution in [3.63, 3.8) is 0 Å². The maximum absolute atomic E-state index is 5.51. The first-order chi connectivity index (χ1) is 7.83. The van der Waals surface area contributed by atoms with Gasteiger partial charge in [0.1, 0.15) is 0 Å². The number of nitrogens with zero attached hydrogens (tertiary/aromatic N) is 3. The highest BCUT2D eigenvalue weighted by Gasteiger charge is 2.11. The van der Waals surface area contributed by atoms with E-state index in [0.717, 1.165) is 17.8 Å². The van der Waals surface area contributed by atoms with E-state index in [2.05, 4.69) is 10.3 Å². The summed E-state index contributed by atoms with van der Waals surface area (Å²) in [7, 11) is 1.66. The lowest BCUT2D eigenvalue weighted by atomic mass is 10.2. The summed E-state index contributed by atoms with van der Waals surface area (Å²) < 4.78 is 12.2. The van der Waals surface area contributed by atoms with Gasteiger partial charge in [-0.2, -0.15) is 0 Å². The summed E-state index contributed by atoms with van der Waals surface area (Å²) in [6.07, 6.45) is 0.729. The topological polar surface area (TPSA) is 75.2 Å². The van der Waals surface area contributed by atoms with Gasteiger partial charge in [0.05, 0.1) is 31.1 Å². The molecule has 1 aromatic heterocycles. The summed E-state index contributed by atoms with van der Waals surface area (Å²) in [5.41, 5.74) is 7.42. The standard InChI is InChI=1S/C10H20N4O2/c1-3-16-7-6-14-10(8-15-2)9(4-5-11)12-13-14/h3-8,11H2,1-2H3. The first-order valence-electron chi connectivity index (χ1n) is 5.51. The predicted octanol–water partition coefficient (Wildman–Crippen LogP) is -0.0378. The van der Waals surface area contributed by atoms with E-state index in [4.69, 9.17) is 15.2 Å². The molecule has 0 bridgehead atoms. The van der Waals surface area contributed by atoms with Crippen molar-refractivity contribution in [3.05, 3.63) is 11.4 Å². The summed E-state index contributed by atoms with van der Waals surface area (Å²) in [5.74, 6) is 0. The molecule has 0 atom stereocenters. The lowest BCUT2D eigenvalue weighted by Gasteiger charge is -2.06. The molecular formula is C10H20N4O2. The Hall–Kier alpha value is -0.980. The van der Waals surface area contributed by atoms with Crippen LogP contribution in [0.3, 0.4) is 0 Å². The second kappa shape index (κ2) is 7.32. The van der Waals surface area contributed by atoms with Gasteiger partial charge >= 0.3 is 0 Å². The van der Waals surface area contributed by atoms with Crippen LogP contribution in [0.25, 0.3) is 0 Å². The Morgan fingerprint density at radius 1 is 1.44 bits per heavy atom. The molecule has 0 aliphatic carbocycles. The second-order valence-corrected chi connectivity index (χ2v) is 3.37. The molecule has 6 nitrogen and oxygen atoms in total. The van der Waals surface area contributed by atoms with Gasteiger partial charge in [0.25, 0.3) is 0 Å². The van der Waals surface area contributed by atoms with E-state index >= 15 is 0 Å². The minimum absolute atomic E-state index is 0.508. The summed E-state index contributed by atoms with van der Waals surface area (Å²) in [6, 6.07) is 0. The van der Waals surface area contributed by atoms with Crippen LogP contribution in [-0.4, -0.2) is 41.9 Å². The van der Waals surface area contributed by atoms with Crippen LogP contribution >= 0.6 is 0 Å². The second-order valence-electron chi connectivity index (χ2n) is 3.37. The normalized spacial score (nSPS) is 10.9. The molecule has 0 saturated carbocycles. The van der Waals surface area contributed by atoms with Gasteiger partial charge in [0.15, 0.2) is 0 Å². The maximum Gasteiger partial charge on any atom is 0.0900 e. The minimum atomic E-state index is 0.508. The zero-order chi connectivity index (χ0) is 11.8. The number of methoxy groups -OCH3 is 1. The Bertz CT molecular complexity index is 301. The molecule has 0 amide bonds. The maximum atomic E-state index is 5.51.